The van der Waals surface area contributed by atoms with E-state index in [0.29, 0.717) is 11.1 Å². The summed E-state index contributed by atoms with van der Waals surface area (Å²) in [6.45, 7) is 0. The van der Waals surface area contributed by atoms with Crippen molar-refractivity contribution in [2.45, 2.75) is 0 Å². The minimum absolute atomic E-state index is 0.229. The smallest absolute Gasteiger partial charge is 0.293 e. The van der Waals surface area contributed by atoms with Crippen LogP contribution in [0, 0.1) is 0 Å². The van der Waals surface area contributed by atoms with Crippen molar-refractivity contribution in [3.8, 4) is 5.75 Å². The first-order valence-corrected chi connectivity index (χ1v) is 6.87. The molecule has 1 N–H and O–H groups in total. The second kappa shape index (κ2) is 6.56. The Morgan fingerprint density at radius 2 is 2.00 bits per heavy atom. The van der Waals surface area contributed by atoms with Gasteiger partial charge in [-0.15, -0.1) is 0 Å². The van der Waals surface area contributed by atoms with Gasteiger partial charge in [0.2, 0.25) is 5.78 Å². The zero-order valence-corrected chi connectivity index (χ0v) is 12.1. The topological polar surface area (TPSA) is 59.2 Å². The predicted octanol–water partition coefficient (Wildman–Crippen LogP) is 3.14. The van der Waals surface area contributed by atoms with E-state index in [1.165, 1.54) is 13.3 Å². The summed E-state index contributed by atoms with van der Waals surface area (Å²) in [7, 11) is 1.50. The number of fused-ring (bicyclic) bond motifs is 1. The van der Waals surface area contributed by atoms with Gasteiger partial charge in [0.05, 0.1) is 18.1 Å². The lowest BCUT2D eigenvalue weighted by Crippen LogP contribution is -2.06. The average Bonchev–Trinajstić information content (AvgIpc) is 2.83. The Bertz CT molecular complexity index is 580. The third-order valence-electron chi connectivity index (χ3n) is 2.31. The van der Waals surface area contributed by atoms with Crippen LogP contribution in [-0.4, -0.2) is 29.0 Å². The Labute approximate surface area is 117 Å². The van der Waals surface area contributed by atoms with E-state index in [2.05, 4.69) is 20.9 Å². The van der Waals surface area contributed by atoms with Crippen LogP contribution >= 0.6 is 27.5 Å². The molecule has 96 valence electrons. The largest absolute Gasteiger partial charge is 0.496 e. The highest BCUT2D eigenvalue weighted by Gasteiger charge is 2.20. The SMILES string of the molecule is CBr.COc1cccc2[nH]cc(C(=O)C(=O)Cl)c12. The molecule has 0 radical (unpaired) electrons. The van der Waals surface area contributed by atoms with Crippen LogP contribution in [0.1, 0.15) is 10.4 Å². The lowest BCUT2D eigenvalue weighted by atomic mass is 10.1. The number of methoxy groups -OCH3 is 1. The summed E-state index contributed by atoms with van der Waals surface area (Å²) in [5.41, 5.74) is 0.952. The van der Waals surface area contributed by atoms with E-state index in [1.807, 2.05) is 5.83 Å². The van der Waals surface area contributed by atoms with Gasteiger partial charge in [-0.25, -0.2) is 0 Å². The standard InChI is InChI=1S/C11H8ClNO3.CH3Br/c1-16-8-4-2-3-7-9(8)6(5-13-7)10(14)11(12)15;1-2/h2-5,13H,1H3;1H3. The van der Waals surface area contributed by atoms with Gasteiger partial charge in [0.1, 0.15) is 5.75 Å². The molecule has 6 heteroatoms. The molecule has 0 atom stereocenters. The molecule has 0 aliphatic carbocycles. The number of benzene rings is 1. The van der Waals surface area contributed by atoms with Crippen LogP contribution in [0.5, 0.6) is 5.75 Å². The van der Waals surface area contributed by atoms with E-state index in [4.69, 9.17) is 16.3 Å². The number of ether oxygens (including phenoxy) is 1. The summed E-state index contributed by atoms with van der Waals surface area (Å²) in [6, 6.07) is 5.29. The first-order chi connectivity index (χ1) is 8.65. The third kappa shape index (κ3) is 2.73. The molecule has 4 nitrogen and oxygen atoms in total. The maximum absolute atomic E-state index is 11.5. The van der Waals surface area contributed by atoms with E-state index in [-0.39, 0.29) is 5.56 Å². The van der Waals surface area contributed by atoms with Gasteiger partial charge in [0.25, 0.3) is 5.24 Å². The number of alkyl halides is 1. The Morgan fingerprint density at radius 3 is 2.56 bits per heavy atom. The summed E-state index contributed by atoms with van der Waals surface area (Å²) in [6.07, 6.45) is 1.45. The van der Waals surface area contributed by atoms with Crippen molar-refractivity contribution in [1.82, 2.24) is 4.98 Å². The highest BCUT2D eigenvalue weighted by Crippen LogP contribution is 2.28. The van der Waals surface area contributed by atoms with Gasteiger partial charge in [-0.1, -0.05) is 22.0 Å². The molecule has 18 heavy (non-hydrogen) atoms. The number of Topliss-reactive ketones (excluding diaryl/α,β-unsaturated/α-hetero) is 1. The summed E-state index contributed by atoms with van der Waals surface area (Å²) < 4.78 is 5.13. The fourth-order valence-corrected chi connectivity index (χ4v) is 1.71. The minimum atomic E-state index is -1.01. The maximum atomic E-state index is 11.5. The van der Waals surface area contributed by atoms with Crippen LogP contribution in [0.15, 0.2) is 24.4 Å². The summed E-state index contributed by atoms with van der Waals surface area (Å²) in [5, 5.41) is -0.434. The van der Waals surface area contributed by atoms with Crippen LogP contribution in [0.2, 0.25) is 0 Å². The predicted molar refractivity (Wildman–Crippen MR) is 74.9 cm³/mol. The van der Waals surface area contributed by atoms with Crippen LogP contribution in [0.3, 0.4) is 0 Å². The van der Waals surface area contributed by atoms with Crippen molar-refractivity contribution in [3.63, 3.8) is 0 Å². The molecule has 1 aromatic carbocycles. The molecule has 0 spiro atoms. The van der Waals surface area contributed by atoms with Crippen molar-refractivity contribution >= 4 is 49.5 Å². The van der Waals surface area contributed by atoms with Gasteiger partial charge in [-0.05, 0) is 29.6 Å². The molecule has 0 saturated heterocycles. The molecular weight excluding hydrogens is 321 g/mol. The molecular formula is C12H11BrClNO3. The van der Waals surface area contributed by atoms with Gasteiger partial charge in [0.15, 0.2) is 0 Å². The van der Waals surface area contributed by atoms with Gasteiger partial charge >= 0.3 is 0 Å². The zero-order chi connectivity index (χ0) is 13.7. The molecule has 0 bridgehead atoms. The Hall–Kier alpha value is -1.33. The number of carbonyl (C=O) groups excluding carboxylic acids is 2. The third-order valence-corrected chi connectivity index (χ3v) is 2.48. The first-order valence-electron chi connectivity index (χ1n) is 4.91. The molecule has 0 unspecified atom stereocenters. The number of hydrogen-bond donors (Lipinski definition) is 1. The van der Waals surface area contributed by atoms with E-state index >= 15 is 0 Å². The molecule has 0 fully saturated rings. The van der Waals surface area contributed by atoms with Crippen LogP contribution in [0.25, 0.3) is 10.9 Å². The normalized spacial score (nSPS) is 9.56. The van der Waals surface area contributed by atoms with Crippen molar-refractivity contribution in [2.24, 2.45) is 0 Å². The minimum Gasteiger partial charge on any atom is -0.496 e. The fourth-order valence-electron chi connectivity index (χ4n) is 1.61. The highest BCUT2D eigenvalue weighted by atomic mass is 79.9. The molecule has 0 amide bonds. The van der Waals surface area contributed by atoms with Crippen LogP contribution in [0.4, 0.5) is 0 Å². The second-order valence-corrected chi connectivity index (χ2v) is 3.53. The van der Waals surface area contributed by atoms with Crippen molar-refractivity contribution in [3.05, 3.63) is 30.0 Å². The van der Waals surface area contributed by atoms with Gasteiger partial charge in [0, 0.05) is 11.7 Å². The average molecular weight is 333 g/mol. The lowest BCUT2D eigenvalue weighted by molar-refractivity contribution is -0.108. The van der Waals surface area contributed by atoms with E-state index in [0.717, 1.165) is 5.52 Å². The van der Waals surface area contributed by atoms with Crippen molar-refractivity contribution < 1.29 is 14.3 Å². The van der Waals surface area contributed by atoms with Gasteiger partial charge in [-0.2, -0.15) is 0 Å². The molecule has 0 saturated carbocycles. The van der Waals surface area contributed by atoms with E-state index < -0.39 is 11.0 Å². The van der Waals surface area contributed by atoms with Crippen LogP contribution < -0.4 is 4.74 Å². The van der Waals surface area contributed by atoms with Crippen LogP contribution in [-0.2, 0) is 4.79 Å². The molecule has 2 rings (SSSR count). The number of halogens is 2. The quantitative estimate of drug-likeness (QED) is 0.406. The summed E-state index contributed by atoms with van der Waals surface area (Å²) >= 11 is 8.11. The fraction of sp³-hybridized carbons (Fsp3) is 0.167. The number of nitrogens with one attached hydrogen (secondary N) is 1. The maximum Gasteiger partial charge on any atom is 0.293 e. The second-order valence-electron chi connectivity index (χ2n) is 3.19. The summed E-state index contributed by atoms with van der Waals surface area (Å²) in [4.78, 5) is 25.3. The van der Waals surface area contributed by atoms with Gasteiger partial charge in [-0.3, -0.25) is 9.59 Å². The van der Waals surface area contributed by atoms with Gasteiger partial charge < -0.3 is 9.72 Å². The number of carbonyl (C=O) groups is 2. The Balaban J connectivity index is 0.000000771. The highest BCUT2D eigenvalue weighted by molar-refractivity contribution is 9.08. The van der Waals surface area contributed by atoms with Crippen molar-refractivity contribution in [2.75, 3.05) is 12.9 Å². The molecule has 2 aromatic rings. The van der Waals surface area contributed by atoms with E-state index in [9.17, 15) is 9.59 Å². The Kier molecular flexibility index (Phi) is 5.37. The lowest BCUT2D eigenvalue weighted by Gasteiger charge is -2.02. The monoisotopic (exact) mass is 331 g/mol. The number of rotatable bonds is 3. The first kappa shape index (κ1) is 14.7. The summed E-state index contributed by atoms with van der Waals surface area (Å²) in [5.74, 6) is 1.60. The number of H-pyrrole nitrogens is 1. The number of aromatic nitrogens is 1. The molecule has 1 aromatic heterocycles. The molecule has 1 heterocycles. The Morgan fingerprint density at radius 1 is 1.33 bits per heavy atom. The molecule has 0 aliphatic rings. The van der Waals surface area contributed by atoms with E-state index in [1.54, 1.807) is 18.2 Å². The van der Waals surface area contributed by atoms with Crippen molar-refractivity contribution in [1.29, 1.82) is 0 Å². The zero-order valence-electron chi connectivity index (χ0n) is 9.79. The number of ketones is 1. The number of hydrogen-bond acceptors (Lipinski definition) is 3. The molecule has 0 aliphatic heterocycles. The number of aromatic amines is 1.